The third kappa shape index (κ3) is 7.84. The van der Waals surface area contributed by atoms with E-state index in [1.165, 1.54) is 24.8 Å². The van der Waals surface area contributed by atoms with E-state index in [0.29, 0.717) is 25.2 Å². The summed E-state index contributed by atoms with van der Waals surface area (Å²) in [6.07, 6.45) is 5.43. The molecule has 180 valence electrons. The Morgan fingerprint density at radius 3 is 2.18 bits per heavy atom. The highest BCUT2D eigenvalue weighted by atomic mass is 32.1. The number of hydrogen-bond donors (Lipinski definition) is 0. The van der Waals surface area contributed by atoms with Crippen LogP contribution in [-0.2, 0) is 24.3 Å². The number of unbranched alkanes of at least 4 members (excludes halogenated alkanes) is 2. The first-order valence-corrected chi connectivity index (χ1v) is 13.2. The van der Waals surface area contributed by atoms with Gasteiger partial charge in [0.1, 0.15) is 6.54 Å². The molecule has 0 saturated carbocycles. The molecule has 1 heterocycles. The maximum atomic E-state index is 13.4. The largest absolute Gasteiger partial charge is 0.332 e. The maximum Gasteiger partial charge on any atom is 0.254 e. The summed E-state index contributed by atoms with van der Waals surface area (Å²) >= 11 is 1.65. The summed E-state index contributed by atoms with van der Waals surface area (Å²) in [5.41, 5.74) is 2.99. The van der Waals surface area contributed by atoms with Crippen LogP contribution in [0, 0.1) is 0 Å². The fourth-order valence-electron chi connectivity index (χ4n) is 3.99. The van der Waals surface area contributed by atoms with Gasteiger partial charge in [-0.15, -0.1) is 11.3 Å². The fraction of sp³-hybridized carbons (Fsp3) is 0.379. The number of carbonyl (C=O) groups excluding carboxylic acids is 2. The number of nitrogens with zero attached hydrogens (tertiary/aromatic N) is 2. The Hall–Kier alpha value is -2.92. The normalized spacial score (nSPS) is 10.8. The highest BCUT2D eigenvalue weighted by Gasteiger charge is 2.22. The van der Waals surface area contributed by atoms with Crippen LogP contribution in [-0.4, -0.2) is 34.7 Å². The zero-order valence-corrected chi connectivity index (χ0v) is 21.2. The SMILES string of the molecule is CCCCCc1ccc(C(=O)N(CCC)CC(=O)N(Cc2ccccc2)Cc2cccs2)cc1. The number of hydrogen-bond acceptors (Lipinski definition) is 3. The van der Waals surface area contributed by atoms with E-state index < -0.39 is 0 Å². The number of benzene rings is 2. The first-order chi connectivity index (χ1) is 16.6. The van der Waals surface area contributed by atoms with Gasteiger partial charge in [0, 0.05) is 23.5 Å². The van der Waals surface area contributed by atoms with Crippen LogP contribution in [0.1, 0.15) is 65.9 Å². The minimum absolute atomic E-state index is 0.0322. The molecule has 0 bridgehead atoms. The van der Waals surface area contributed by atoms with E-state index in [1.54, 1.807) is 16.2 Å². The Balaban J connectivity index is 1.70. The summed E-state index contributed by atoms with van der Waals surface area (Å²) in [5.74, 6) is -0.110. The van der Waals surface area contributed by atoms with Gasteiger partial charge in [0.25, 0.3) is 5.91 Å². The van der Waals surface area contributed by atoms with Crippen molar-refractivity contribution in [3.8, 4) is 0 Å². The van der Waals surface area contributed by atoms with Crippen LogP contribution >= 0.6 is 11.3 Å². The summed E-state index contributed by atoms with van der Waals surface area (Å²) in [4.78, 5) is 31.4. The van der Waals surface area contributed by atoms with Gasteiger partial charge >= 0.3 is 0 Å². The van der Waals surface area contributed by atoms with Crippen LogP contribution < -0.4 is 0 Å². The van der Waals surface area contributed by atoms with Gasteiger partial charge in [0.15, 0.2) is 0 Å². The van der Waals surface area contributed by atoms with Gasteiger partial charge in [0.05, 0.1) is 6.54 Å². The molecule has 0 unspecified atom stereocenters. The molecule has 0 aliphatic heterocycles. The average molecular weight is 477 g/mol. The molecule has 0 saturated heterocycles. The number of thiophene rings is 1. The van der Waals surface area contributed by atoms with Crippen molar-refractivity contribution in [1.82, 2.24) is 9.80 Å². The molecule has 2 amide bonds. The van der Waals surface area contributed by atoms with Crippen LogP contribution in [0.5, 0.6) is 0 Å². The summed E-state index contributed by atoms with van der Waals surface area (Å²) < 4.78 is 0. The molecule has 0 spiro atoms. The van der Waals surface area contributed by atoms with Gasteiger partial charge in [0.2, 0.25) is 5.91 Å². The Kier molecular flexibility index (Phi) is 10.4. The lowest BCUT2D eigenvalue weighted by Gasteiger charge is -2.27. The molecule has 0 N–H and O–H groups in total. The lowest BCUT2D eigenvalue weighted by Crippen LogP contribution is -2.42. The van der Waals surface area contributed by atoms with Gasteiger partial charge in [-0.1, -0.05) is 75.2 Å². The van der Waals surface area contributed by atoms with E-state index in [-0.39, 0.29) is 18.4 Å². The molecule has 0 aliphatic rings. The van der Waals surface area contributed by atoms with E-state index in [1.807, 2.05) is 83.9 Å². The Morgan fingerprint density at radius 1 is 0.765 bits per heavy atom. The lowest BCUT2D eigenvalue weighted by atomic mass is 10.0. The van der Waals surface area contributed by atoms with Crippen molar-refractivity contribution in [2.24, 2.45) is 0 Å². The lowest BCUT2D eigenvalue weighted by molar-refractivity contribution is -0.133. The molecule has 0 atom stereocenters. The van der Waals surface area contributed by atoms with Crippen molar-refractivity contribution in [3.63, 3.8) is 0 Å². The molecule has 0 aliphatic carbocycles. The van der Waals surface area contributed by atoms with Crippen molar-refractivity contribution >= 4 is 23.2 Å². The van der Waals surface area contributed by atoms with E-state index in [9.17, 15) is 9.59 Å². The number of amides is 2. The van der Waals surface area contributed by atoms with E-state index in [4.69, 9.17) is 0 Å². The summed E-state index contributed by atoms with van der Waals surface area (Å²) in [7, 11) is 0. The van der Waals surface area contributed by atoms with Gasteiger partial charge in [-0.05, 0) is 54.0 Å². The number of carbonyl (C=O) groups is 2. The molecule has 2 aromatic carbocycles. The smallest absolute Gasteiger partial charge is 0.254 e. The predicted octanol–water partition coefficient (Wildman–Crippen LogP) is 6.56. The van der Waals surface area contributed by atoms with Crippen LogP contribution in [0.3, 0.4) is 0 Å². The average Bonchev–Trinajstić information content (AvgIpc) is 3.37. The standard InChI is InChI=1S/C29H36N2O2S/c1-3-5-7-11-24-15-17-26(18-16-24)29(33)30(19-4-2)23-28(32)31(22-27-14-10-20-34-27)21-25-12-8-6-9-13-25/h6,8-10,12-18,20H,3-5,7,11,19,21-23H2,1-2H3. The third-order valence-corrected chi connectivity index (χ3v) is 6.73. The monoisotopic (exact) mass is 476 g/mol. The maximum absolute atomic E-state index is 13.4. The molecule has 0 fully saturated rings. The van der Waals surface area contributed by atoms with Gasteiger partial charge < -0.3 is 9.80 Å². The van der Waals surface area contributed by atoms with Gasteiger partial charge in [-0.3, -0.25) is 9.59 Å². The first-order valence-electron chi connectivity index (χ1n) is 12.3. The van der Waals surface area contributed by atoms with Gasteiger partial charge in [-0.2, -0.15) is 0 Å². The number of aryl methyl sites for hydroxylation is 1. The second-order valence-corrected chi connectivity index (χ2v) is 9.73. The topological polar surface area (TPSA) is 40.6 Å². The van der Waals surface area contributed by atoms with Crippen molar-refractivity contribution in [3.05, 3.63) is 93.7 Å². The highest BCUT2D eigenvalue weighted by Crippen LogP contribution is 2.16. The second-order valence-electron chi connectivity index (χ2n) is 8.70. The van der Waals surface area contributed by atoms with E-state index >= 15 is 0 Å². The second kappa shape index (κ2) is 13.7. The quantitative estimate of drug-likeness (QED) is 0.262. The molecule has 0 radical (unpaired) electrons. The minimum Gasteiger partial charge on any atom is -0.332 e. The molecule has 4 nitrogen and oxygen atoms in total. The molecular formula is C29H36N2O2S. The van der Waals surface area contributed by atoms with E-state index in [2.05, 4.69) is 6.92 Å². The van der Waals surface area contributed by atoms with Crippen molar-refractivity contribution in [2.75, 3.05) is 13.1 Å². The Bertz CT molecular complexity index is 1000. The van der Waals surface area contributed by atoms with Crippen LogP contribution in [0.25, 0.3) is 0 Å². The molecule has 5 heteroatoms. The molecule has 34 heavy (non-hydrogen) atoms. The van der Waals surface area contributed by atoms with Crippen molar-refractivity contribution < 1.29 is 9.59 Å². The van der Waals surface area contributed by atoms with Crippen molar-refractivity contribution in [1.29, 1.82) is 0 Å². The molecule has 3 rings (SSSR count). The molecule has 3 aromatic rings. The van der Waals surface area contributed by atoms with E-state index in [0.717, 1.165) is 23.3 Å². The zero-order chi connectivity index (χ0) is 24.2. The van der Waals surface area contributed by atoms with Crippen LogP contribution in [0.2, 0.25) is 0 Å². The van der Waals surface area contributed by atoms with Gasteiger partial charge in [-0.25, -0.2) is 0 Å². The summed E-state index contributed by atoms with van der Waals surface area (Å²) in [6, 6.07) is 22.0. The minimum atomic E-state index is -0.0777. The Labute approximate surface area is 208 Å². The first kappa shape index (κ1) is 25.7. The van der Waals surface area contributed by atoms with Crippen LogP contribution in [0.4, 0.5) is 0 Å². The summed E-state index contributed by atoms with van der Waals surface area (Å²) in [5, 5.41) is 2.03. The molecule has 1 aromatic heterocycles. The third-order valence-electron chi connectivity index (χ3n) is 5.87. The Morgan fingerprint density at radius 2 is 1.53 bits per heavy atom. The van der Waals surface area contributed by atoms with Crippen LogP contribution in [0.15, 0.2) is 72.1 Å². The fourth-order valence-corrected chi connectivity index (χ4v) is 4.71. The predicted molar refractivity (Wildman–Crippen MR) is 141 cm³/mol. The molecular weight excluding hydrogens is 440 g/mol. The zero-order valence-electron chi connectivity index (χ0n) is 20.4. The van der Waals surface area contributed by atoms with Crippen molar-refractivity contribution in [2.45, 2.75) is 59.0 Å². The number of rotatable bonds is 13. The highest BCUT2D eigenvalue weighted by molar-refractivity contribution is 7.09. The summed E-state index contributed by atoms with van der Waals surface area (Å²) in [6.45, 7) is 5.95.